The SMILES string of the molecule is CNC(C)C(=O)NC(Cc1ccc(NC(=O)CCC(=O)OC2=CCCCC2)cc1)C(=O)OC. The molecule has 0 spiro atoms. The van der Waals surface area contributed by atoms with Gasteiger partial charge in [0, 0.05) is 24.9 Å². The van der Waals surface area contributed by atoms with Crippen LogP contribution >= 0.6 is 0 Å². The number of rotatable bonds is 11. The molecule has 0 heterocycles. The first kappa shape index (κ1) is 26.1. The third-order valence-electron chi connectivity index (χ3n) is 5.36. The minimum atomic E-state index is -0.830. The van der Waals surface area contributed by atoms with E-state index in [1.165, 1.54) is 7.11 Å². The monoisotopic (exact) mass is 459 g/mol. The zero-order valence-corrected chi connectivity index (χ0v) is 19.4. The van der Waals surface area contributed by atoms with Gasteiger partial charge in [-0.1, -0.05) is 12.1 Å². The van der Waals surface area contributed by atoms with Gasteiger partial charge >= 0.3 is 11.9 Å². The lowest BCUT2D eigenvalue weighted by molar-refractivity contribution is -0.145. The maximum absolute atomic E-state index is 12.2. The third kappa shape index (κ3) is 9.05. The van der Waals surface area contributed by atoms with Crippen LogP contribution in [-0.4, -0.2) is 50.0 Å². The molecule has 0 saturated carbocycles. The van der Waals surface area contributed by atoms with Crippen LogP contribution < -0.4 is 16.0 Å². The molecule has 9 heteroatoms. The molecule has 2 unspecified atom stereocenters. The zero-order chi connectivity index (χ0) is 24.2. The standard InChI is InChI=1S/C24H33N3O6/c1-16(25-2)23(30)27-20(24(31)32-3)15-17-9-11-18(12-10-17)26-21(28)13-14-22(29)33-19-7-5-4-6-8-19/h7,9-12,16,20,25H,4-6,8,13-15H2,1-3H3,(H,26,28)(H,27,30). The van der Waals surface area contributed by atoms with Gasteiger partial charge in [0.2, 0.25) is 11.8 Å². The first-order valence-corrected chi connectivity index (χ1v) is 11.2. The van der Waals surface area contributed by atoms with Crippen molar-refractivity contribution in [3.63, 3.8) is 0 Å². The van der Waals surface area contributed by atoms with Gasteiger partial charge in [0.25, 0.3) is 0 Å². The molecule has 0 aromatic heterocycles. The van der Waals surface area contributed by atoms with Gasteiger partial charge in [0.05, 0.1) is 19.6 Å². The fourth-order valence-corrected chi connectivity index (χ4v) is 3.26. The van der Waals surface area contributed by atoms with E-state index in [-0.39, 0.29) is 31.1 Å². The first-order valence-electron chi connectivity index (χ1n) is 11.2. The number of ether oxygens (including phenoxy) is 2. The lowest BCUT2D eigenvalue weighted by Gasteiger charge is -2.19. The van der Waals surface area contributed by atoms with Gasteiger partial charge in [-0.2, -0.15) is 0 Å². The van der Waals surface area contributed by atoms with Crippen LogP contribution in [0.4, 0.5) is 5.69 Å². The van der Waals surface area contributed by atoms with E-state index in [1.807, 2.05) is 6.08 Å². The number of hydrogen-bond acceptors (Lipinski definition) is 7. The van der Waals surface area contributed by atoms with E-state index in [2.05, 4.69) is 16.0 Å². The Hall–Kier alpha value is -3.20. The van der Waals surface area contributed by atoms with E-state index in [0.717, 1.165) is 31.2 Å². The Morgan fingerprint density at radius 2 is 1.79 bits per heavy atom. The summed E-state index contributed by atoms with van der Waals surface area (Å²) < 4.78 is 10.1. The Kier molecular flexibility index (Phi) is 10.6. The van der Waals surface area contributed by atoms with E-state index in [1.54, 1.807) is 38.2 Å². The average Bonchev–Trinajstić information content (AvgIpc) is 2.83. The summed E-state index contributed by atoms with van der Waals surface area (Å²) in [6.45, 7) is 1.69. The molecule has 2 amide bonds. The van der Waals surface area contributed by atoms with Gasteiger partial charge < -0.3 is 25.4 Å². The van der Waals surface area contributed by atoms with Gasteiger partial charge in [-0.05, 0) is 57.0 Å². The number of benzene rings is 1. The first-order chi connectivity index (χ1) is 15.8. The fourth-order valence-electron chi connectivity index (χ4n) is 3.26. The summed E-state index contributed by atoms with van der Waals surface area (Å²) in [4.78, 5) is 48.3. The average molecular weight is 460 g/mol. The smallest absolute Gasteiger partial charge is 0.328 e. The van der Waals surface area contributed by atoms with Crippen LogP contribution in [0.2, 0.25) is 0 Å². The molecule has 9 nitrogen and oxygen atoms in total. The predicted molar refractivity (Wildman–Crippen MR) is 123 cm³/mol. The summed E-state index contributed by atoms with van der Waals surface area (Å²) in [7, 11) is 2.92. The summed E-state index contributed by atoms with van der Waals surface area (Å²) in [6, 6.07) is 5.62. The number of carbonyl (C=O) groups excluding carboxylic acids is 4. The lowest BCUT2D eigenvalue weighted by atomic mass is 10.0. The van der Waals surface area contributed by atoms with E-state index < -0.39 is 24.0 Å². The van der Waals surface area contributed by atoms with Crippen LogP contribution in [0, 0.1) is 0 Å². The van der Waals surface area contributed by atoms with Crippen molar-refractivity contribution >= 4 is 29.4 Å². The summed E-state index contributed by atoms with van der Waals surface area (Å²) in [5, 5.41) is 8.23. The molecule has 1 aliphatic carbocycles. The van der Waals surface area contributed by atoms with Gasteiger partial charge in [-0.3, -0.25) is 14.4 Å². The quantitative estimate of drug-likeness (QED) is 0.434. The number of methoxy groups -OCH3 is 1. The molecule has 180 valence electrons. The third-order valence-corrected chi connectivity index (χ3v) is 5.36. The van der Waals surface area contributed by atoms with Crippen LogP contribution in [0.25, 0.3) is 0 Å². The number of esters is 2. The van der Waals surface area contributed by atoms with E-state index >= 15 is 0 Å². The Morgan fingerprint density at radius 1 is 1.06 bits per heavy atom. The molecular weight excluding hydrogens is 426 g/mol. The van der Waals surface area contributed by atoms with Crippen LogP contribution in [0.15, 0.2) is 36.1 Å². The maximum atomic E-state index is 12.2. The number of anilines is 1. The van der Waals surface area contributed by atoms with E-state index in [9.17, 15) is 19.2 Å². The number of likely N-dealkylation sites (N-methyl/N-ethyl adjacent to an activating group) is 1. The molecule has 1 aromatic rings. The maximum Gasteiger partial charge on any atom is 0.328 e. The minimum absolute atomic E-state index is 0.00675. The Labute approximate surface area is 194 Å². The Balaban J connectivity index is 1.84. The van der Waals surface area contributed by atoms with Crippen molar-refractivity contribution in [2.24, 2.45) is 0 Å². The molecule has 3 N–H and O–H groups in total. The summed E-state index contributed by atoms with van der Waals surface area (Å²) in [6.07, 6.45) is 6.00. The molecule has 0 aliphatic heterocycles. The van der Waals surface area contributed by atoms with Gasteiger partial charge in [-0.15, -0.1) is 0 Å². The van der Waals surface area contributed by atoms with Gasteiger partial charge in [-0.25, -0.2) is 4.79 Å². The molecular formula is C24H33N3O6. The molecule has 1 aromatic carbocycles. The van der Waals surface area contributed by atoms with Crippen LogP contribution in [-0.2, 0) is 35.1 Å². The summed E-state index contributed by atoms with van der Waals surface area (Å²) in [5.41, 5.74) is 1.35. The molecule has 0 bridgehead atoms. The number of amides is 2. The number of hydrogen-bond donors (Lipinski definition) is 3. The molecule has 0 radical (unpaired) electrons. The highest BCUT2D eigenvalue weighted by atomic mass is 16.5. The van der Waals surface area contributed by atoms with Gasteiger partial charge in [0.1, 0.15) is 11.8 Å². The summed E-state index contributed by atoms with van der Waals surface area (Å²) >= 11 is 0. The van der Waals surface area contributed by atoms with Crippen LogP contribution in [0.5, 0.6) is 0 Å². The van der Waals surface area contributed by atoms with Crippen LogP contribution in [0.3, 0.4) is 0 Å². The minimum Gasteiger partial charge on any atom is -0.467 e. The summed E-state index contributed by atoms with van der Waals surface area (Å²) in [5.74, 6) is -0.852. The van der Waals surface area contributed by atoms with Crippen molar-refractivity contribution in [3.05, 3.63) is 41.7 Å². The molecule has 2 rings (SSSR count). The van der Waals surface area contributed by atoms with Crippen molar-refractivity contribution < 1.29 is 28.7 Å². The lowest BCUT2D eigenvalue weighted by Crippen LogP contribution is -2.49. The van der Waals surface area contributed by atoms with Crippen molar-refractivity contribution in [3.8, 4) is 0 Å². The second kappa shape index (κ2) is 13.4. The van der Waals surface area contributed by atoms with Crippen molar-refractivity contribution in [2.45, 2.75) is 64.0 Å². The van der Waals surface area contributed by atoms with E-state index in [4.69, 9.17) is 9.47 Å². The van der Waals surface area contributed by atoms with Crippen molar-refractivity contribution in [1.82, 2.24) is 10.6 Å². The zero-order valence-electron chi connectivity index (χ0n) is 19.4. The van der Waals surface area contributed by atoms with Gasteiger partial charge in [0.15, 0.2) is 0 Å². The topological polar surface area (TPSA) is 123 Å². The second-order valence-electron chi connectivity index (χ2n) is 7.93. The normalized spacial score (nSPS) is 14.9. The predicted octanol–water partition coefficient (Wildman–Crippen LogP) is 2.21. The van der Waals surface area contributed by atoms with Crippen molar-refractivity contribution in [2.75, 3.05) is 19.5 Å². The number of nitrogens with one attached hydrogen (secondary N) is 3. The molecule has 33 heavy (non-hydrogen) atoms. The molecule has 2 atom stereocenters. The largest absolute Gasteiger partial charge is 0.467 e. The fraction of sp³-hybridized carbons (Fsp3) is 0.500. The highest BCUT2D eigenvalue weighted by Crippen LogP contribution is 2.19. The molecule has 0 fully saturated rings. The highest BCUT2D eigenvalue weighted by molar-refractivity contribution is 5.92. The van der Waals surface area contributed by atoms with Crippen LogP contribution in [0.1, 0.15) is 51.0 Å². The molecule has 0 saturated heterocycles. The Morgan fingerprint density at radius 3 is 2.39 bits per heavy atom. The second-order valence-corrected chi connectivity index (χ2v) is 7.93. The van der Waals surface area contributed by atoms with Crippen molar-refractivity contribution in [1.29, 1.82) is 0 Å². The van der Waals surface area contributed by atoms with E-state index in [0.29, 0.717) is 11.4 Å². The number of allylic oxidation sites excluding steroid dienone is 2. The molecule has 1 aliphatic rings. The highest BCUT2D eigenvalue weighted by Gasteiger charge is 2.24. The Bertz CT molecular complexity index is 865. The number of carbonyl (C=O) groups is 4.